The maximum Gasteiger partial charge on any atom is 0.335 e. The Balaban J connectivity index is 0. The van der Waals surface area contributed by atoms with E-state index >= 15 is 0 Å². The molecule has 0 spiro atoms. The highest BCUT2D eigenvalue weighted by molar-refractivity contribution is 5.86. The van der Waals surface area contributed by atoms with Crippen LogP contribution in [0.25, 0.3) is 0 Å². The second-order valence-corrected chi connectivity index (χ2v) is 3.29. The minimum absolute atomic E-state index is 0.299. The third-order valence-corrected chi connectivity index (χ3v) is 1.39. The summed E-state index contributed by atoms with van der Waals surface area (Å²) in [6.45, 7) is 11.1. The van der Waals surface area contributed by atoms with Gasteiger partial charge >= 0.3 is 11.9 Å². The monoisotopic (exact) mass is 260 g/mol. The molecular weight excluding hydrogens is 240 g/mol. The molecular formula is C12H20O6. The molecule has 0 fully saturated rings. The van der Waals surface area contributed by atoms with Crippen molar-refractivity contribution >= 4 is 11.9 Å². The van der Waals surface area contributed by atoms with E-state index in [1.54, 1.807) is 6.92 Å². The van der Waals surface area contributed by atoms with E-state index in [4.69, 9.17) is 10.2 Å². The average Bonchev–Trinajstić information content (AvgIpc) is 2.28. The molecule has 0 aliphatic rings. The Morgan fingerprint density at radius 2 is 1.83 bits per heavy atom. The molecule has 6 heteroatoms. The molecule has 0 aromatic rings. The summed E-state index contributed by atoms with van der Waals surface area (Å²) in [5, 5.41) is 17.2. The maximum atomic E-state index is 10.6. The summed E-state index contributed by atoms with van der Waals surface area (Å²) < 4.78 is 8.68. The fourth-order valence-electron chi connectivity index (χ4n) is 0.524. The summed E-state index contributed by atoms with van der Waals surface area (Å²) in [5.41, 5.74) is 0.299. The van der Waals surface area contributed by atoms with E-state index in [0.717, 1.165) is 6.08 Å². The van der Waals surface area contributed by atoms with Gasteiger partial charge in [-0.2, -0.15) is 0 Å². The first-order valence-corrected chi connectivity index (χ1v) is 5.30. The van der Waals surface area contributed by atoms with Crippen LogP contribution in [0, 0.1) is 0 Å². The van der Waals surface area contributed by atoms with Crippen LogP contribution >= 0.6 is 0 Å². The van der Waals surface area contributed by atoms with Crippen LogP contribution in [0.1, 0.15) is 27.2 Å². The van der Waals surface area contributed by atoms with Crippen LogP contribution in [-0.2, 0) is 19.1 Å². The van der Waals surface area contributed by atoms with Gasteiger partial charge in [-0.3, -0.25) is 0 Å². The second-order valence-electron chi connectivity index (χ2n) is 3.29. The quantitative estimate of drug-likeness (QED) is 0.433. The lowest BCUT2D eigenvalue weighted by atomic mass is 10.3. The summed E-state index contributed by atoms with van der Waals surface area (Å²) in [6.07, 6.45) is -0.643. The van der Waals surface area contributed by atoms with Gasteiger partial charge in [0.2, 0.25) is 6.29 Å². The molecule has 0 saturated carbocycles. The molecule has 2 N–H and O–H groups in total. The molecule has 0 rings (SSSR count). The van der Waals surface area contributed by atoms with Crippen LogP contribution in [0.15, 0.2) is 24.8 Å². The van der Waals surface area contributed by atoms with Gasteiger partial charge in [0.1, 0.15) is 0 Å². The fraction of sp³-hybridized carbons (Fsp3) is 0.500. The number of aliphatic hydroxyl groups is 2. The van der Waals surface area contributed by atoms with Crippen LogP contribution in [0.3, 0.4) is 0 Å². The van der Waals surface area contributed by atoms with E-state index in [1.165, 1.54) is 13.8 Å². The van der Waals surface area contributed by atoms with Gasteiger partial charge in [-0.1, -0.05) is 20.1 Å². The lowest BCUT2D eigenvalue weighted by molar-refractivity contribution is -0.163. The number of aliphatic hydroxyl groups excluding tert-OH is 2. The predicted molar refractivity (Wildman–Crippen MR) is 65.2 cm³/mol. The van der Waals surface area contributed by atoms with Crippen molar-refractivity contribution in [2.75, 3.05) is 0 Å². The summed E-state index contributed by atoms with van der Waals surface area (Å²) in [4.78, 5) is 20.8. The molecule has 18 heavy (non-hydrogen) atoms. The molecule has 2 atom stereocenters. The summed E-state index contributed by atoms with van der Waals surface area (Å²) in [7, 11) is 0. The average molecular weight is 260 g/mol. The first-order chi connectivity index (χ1) is 8.24. The first-order valence-electron chi connectivity index (χ1n) is 5.30. The number of hydrogen-bond acceptors (Lipinski definition) is 6. The normalized spacial score (nSPS) is 12.3. The zero-order valence-corrected chi connectivity index (χ0v) is 10.9. The van der Waals surface area contributed by atoms with Crippen molar-refractivity contribution in [1.29, 1.82) is 0 Å². The first kappa shape index (κ1) is 18.7. The topological polar surface area (TPSA) is 93.1 Å². The summed E-state index contributed by atoms with van der Waals surface area (Å²) >= 11 is 0. The maximum absolute atomic E-state index is 10.6. The minimum Gasteiger partial charge on any atom is -0.433 e. The highest BCUT2D eigenvalue weighted by Crippen LogP contribution is 1.98. The number of hydrogen-bond donors (Lipinski definition) is 2. The highest BCUT2D eigenvalue weighted by atomic mass is 16.6. The molecule has 2 unspecified atom stereocenters. The number of esters is 2. The van der Waals surface area contributed by atoms with Gasteiger partial charge < -0.3 is 19.7 Å². The van der Waals surface area contributed by atoms with Crippen molar-refractivity contribution in [2.45, 2.75) is 39.8 Å². The largest absolute Gasteiger partial charge is 0.433 e. The van der Waals surface area contributed by atoms with Gasteiger partial charge in [-0.15, -0.1) is 0 Å². The molecule has 0 heterocycles. The van der Waals surface area contributed by atoms with Gasteiger partial charge in [-0.05, 0) is 13.8 Å². The Morgan fingerprint density at radius 1 is 1.33 bits per heavy atom. The standard InChI is InChI=1S/C7H12O3.C5H8O3/c1-4-6(8)10-7(9)5(2)3;1-3-5(7)8-4(2)6/h6,8H,2,4H2,1,3H3;3-4,6H,1H2,2H3. The van der Waals surface area contributed by atoms with Crippen molar-refractivity contribution in [1.82, 2.24) is 0 Å². The Morgan fingerprint density at radius 3 is 2.06 bits per heavy atom. The summed E-state index contributed by atoms with van der Waals surface area (Å²) in [5.74, 6) is -1.16. The lowest BCUT2D eigenvalue weighted by Gasteiger charge is -2.08. The number of ether oxygens (including phenoxy) is 2. The van der Waals surface area contributed by atoms with Crippen molar-refractivity contribution < 1.29 is 29.3 Å². The molecule has 104 valence electrons. The van der Waals surface area contributed by atoms with E-state index in [2.05, 4.69) is 22.6 Å². The Kier molecular flexibility index (Phi) is 10.9. The van der Waals surface area contributed by atoms with Crippen molar-refractivity contribution in [3.8, 4) is 0 Å². The Bertz CT molecular complexity index is 295. The van der Waals surface area contributed by atoms with Gasteiger partial charge in [0.25, 0.3) is 0 Å². The fourth-order valence-corrected chi connectivity index (χ4v) is 0.524. The molecule has 0 radical (unpaired) electrons. The van der Waals surface area contributed by atoms with Crippen molar-refractivity contribution in [3.63, 3.8) is 0 Å². The van der Waals surface area contributed by atoms with Crippen molar-refractivity contribution in [2.24, 2.45) is 0 Å². The van der Waals surface area contributed by atoms with E-state index in [9.17, 15) is 9.59 Å². The molecule has 0 amide bonds. The molecule has 0 aliphatic carbocycles. The third kappa shape index (κ3) is 12.4. The summed E-state index contributed by atoms with van der Waals surface area (Å²) in [6, 6.07) is 0. The second kappa shape index (κ2) is 10.5. The number of carbonyl (C=O) groups is 2. The third-order valence-electron chi connectivity index (χ3n) is 1.39. The molecule has 0 bridgehead atoms. The van der Waals surface area contributed by atoms with Crippen LogP contribution in [0.4, 0.5) is 0 Å². The minimum atomic E-state index is -1.04. The lowest BCUT2D eigenvalue weighted by Crippen LogP contribution is -2.16. The van der Waals surface area contributed by atoms with E-state index in [1.807, 2.05) is 0 Å². The zero-order valence-electron chi connectivity index (χ0n) is 10.9. The van der Waals surface area contributed by atoms with E-state index in [-0.39, 0.29) is 0 Å². The van der Waals surface area contributed by atoms with Gasteiger partial charge in [0, 0.05) is 18.1 Å². The van der Waals surface area contributed by atoms with E-state index in [0.29, 0.717) is 12.0 Å². The molecule has 0 aromatic heterocycles. The van der Waals surface area contributed by atoms with E-state index < -0.39 is 24.5 Å². The predicted octanol–water partition coefficient (Wildman–Crippen LogP) is 0.888. The Labute approximate surface area is 107 Å². The molecule has 6 nitrogen and oxygen atoms in total. The number of carbonyl (C=O) groups excluding carboxylic acids is 2. The van der Waals surface area contributed by atoms with Crippen LogP contribution in [0.2, 0.25) is 0 Å². The SMILES string of the molecule is C=C(C)C(=O)OC(O)CC.C=CC(=O)OC(C)O. The molecule has 0 aliphatic heterocycles. The highest BCUT2D eigenvalue weighted by Gasteiger charge is 2.08. The van der Waals surface area contributed by atoms with Crippen LogP contribution in [0.5, 0.6) is 0 Å². The molecule has 0 saturated heterocycles. The molecule has 0 aromatic carbocycles. The van der Waals surface area contributed by atoms with Crippen LogP contribution in [-0.4, -0.2) is 34.7 Å². The van der Waals surface area contributed by atoms with Crippen LogP contribution < -0.4 is 0 Å². The zero-order chi connectivity index (χ0) is 14.7. The van der Waals surface area contributed by atoms with Crippen molar-refractivity contribution in [3.05, 3.63) is 24.8 Å². The van der Waals surface area contributed by atoms with Gasteiger partial charge in [0.15, 0.2) is 6.29 Å². The smallest absolute Gasteiger partial charge is 0.335 e. The Hall–Kier alpha value is -1.66. The van der Waals surface area contributed by atoms with Gasteiger partial charge in [-0.25, -0.2) is 9.59 Å². The number of rotatable bonds is 5. The van der Waals surface area contributed by atoms with Gasteiger partial charge in [0.05, 0.1) is 0 Å².